The maximum Gasteiger partial charge on any atom is 0.573 e. The van der Waals surface area contributed by atoms with Crippen molar-refractivity contribution >= 4 is 5.78 Å². The third-order valence-electron chi connectivity index (χ3n) is 6.26. The first-order valence-electron chi connectivity index (χ1n) is 10.1. The number of aryl methyl sites for hydroxylation is 1. The molecule has 1 aliphatic carbocycles. The molecule has 166 valence electrons. The van der Waals surface area contributed by atoms with Crippen molar-refractivity contribution in [3.63, 3.8) is 0 Å². The van der Waals surface area contributed by atoms with E-state index in [-0.39, 0.29) is 31.4 Å². The number of aliphatic hydroxyl groups is 1. The van der Waals surface area contributed by atoms with Gasteiger partial charge in [-0.15, -0.1) is 13.2 Å². The predicted octanol–water partition coefficient (Wildman–Crippen LogP) is 4.37. The maximum atomic E-state index is 14.6. The van der Waals surface area contributed by atoms with Crippen molar-refractivity contribution in [2.45, 2.75) is 43.7 Å². The summed E-state index contributed by atoms with van der Waals surface area (Å²) in [6.07, 6.45) is -1.53. The summed E-state index contributed by atoms with van der Waals surface area (Å²) in [7, 11) is 0. The number of ketones is 1. The second-order valence-corrected chi connectivity index (χ2v) is 8.22. The van der Waals surface area contributed by atoms with Crippen molar-refractivity contribution in [3.05, 3.63) is 71.4 Å². The number of aromatic nitrogens is 2. The molecule has 0 bridgehead atoms. The molecule has 0 radical (unpaired) electrons. The SMILES string of the molecule is O=C(CC1c2c(F)cccc2-c2cncn21)C1(O)CCc2cc(OC(F)(F)F)ccc2C1. The molecule has 0 amide bonds. The molecule has 5 rings (SSSR count). The number of Topliss-reactive ketones (excluding diaryl/α,β-unsaturated/α-hetero) is 1. The second-order valence-electron chi connectivity index (χ2n) is 8.22. The van der Waals surface area contributed by atoms with Gasteiger partial charge >= 0.3 is 6.36 Å². The first kappa shape index (κ1) is 20.7. The van der Waals surface area contributed by atoms with Crippen LogP contribution < -0.4 is 4.74 Å². The molecule has 2 atom stereocenters. The zero-order valence-corrected chi connectivity index (χ0v) is 16.7. The van der Waals surface area contributed by atoms with Crippen molar-refractivity contribution in [1.82, 2.24) is 9.55 Å². The number of imidazole rings is 1. The first-order chi connectivity index (χ1) is 15.1. The number of halogens is 4. The highest BCUT2D eigenvalue weighted by Gasteiger charge is 2.42. The van der Waals surface area contributed by atoms with Gasteiger partial charge in [-0.3, -0.25) is 4.79 Å². The average molecular weight is 446 g/mol. The average Bonchev–Trinajstić information content (AvgIpc) is 3.30. The Labute approximate surface area is 180 Å². The van der Waals surface area contributed by atoms with E-state index >= 15 is 0 Å². The Morgan fingerprint density at radius 1 is 1.25 bits per heavy atom. The summed E-state index contributed by atoms with van der Waals surface area (Å²) < 4.78 is 57.7. The maximum absolute atomic E-state index is 14.6. The monoisotopic (exact) mass is 446 g/mol. The van der Waals surface area contributed by atoms with Gasteiger partial charge in [-0.05, 0) is 42.2 Å². The van der Waals surface area contributed by atoms with Crippen LogP contribution in [0.25, 0.3) is 11.3 Å². The number of carbonyl (C=O) groups is 1. The van der Waals surface area contributed by atoms with Crippen LogP contribution in [0, 0.1) is 5.82 Å². The van der Waals surface area contributed by atoms with Gasteiger partial charge in [0.2, 0.25) is 0 Å². The molecule has 1 aliphatic heterocycles. The van der Waals surface area contributed by atoms with Crippen molar-refractivity contribution in [2.75, 3.05) is 0 Å². The summed E-state index contributed by atoms with van der Waals surface area (Å²) in [6, 6.07) is 7.97. The van der Waals surface area contributed by atoms with Crippen LogP contribution in [0.3, 0.4) is 0 Å². The van der Waals surface area contributed by atoms with Gasteiger partial charge in [-0.1, -0.05) is 18.2 Å². The minimum atomic E-state index is -4.79. The number of carbonyl (C=O) groups excluding carboxylic acids is 1. The van der Waals surface area contributed by atoms with Gasteiger partial charge in [-0.25, -0.2) is 9.37 Å². The van der Waals surface area contributed by atoms with Gasteiger partial charge in [0.05, 0.1) is 24.3 Å². The molecule has 0 saturated carbocycles. The van der Waals surface area contributed by atoms with E-state index in [0.29, 0.717) is 27.9 Å². The van der Waals surface area contributed by atoms with Crippen LogP contribution in [-0.2, 0) is 17.6 Å². The highest BCUT2D eigenvalue weighted by molar-refractivity contribution is 5.89. The largest absolute Gasteiger partial charge is 0.573 e. The Morgan fingerprint density at radius 2 is 2.06 bits per heavy atom. The normalized spacial score (nSPS) is 21.6. The molecule has 0 saturated heterocycles. The number of hydrogen-bond donors (Lipinski definition) is 1. The van der Waals surface area contributed by atoms with Gasteiger partial charge < -0.3 is 14.4 Å². The van der Waals surface area contributed by atoms with E-state index in [0.717, 1.165) is 0 Å². The fourth-order valence-electron chi connectivity index (χ4n) is 4.75. The minimum Gasteiger partial charge on any atom is -0.406 e. The summed E-state index contributed by atoms with van der Waals surface area (Å²) in [5.41, 5.74) is 1.26. The summed E-state index contributed by atoms with van der Waals surface area (Å²) >= 11 is 0. The van der Waals surface area contributed by atoms with Crippen molar-refractivity contribution in [3.8, 4) is 17.0 Å². The molecule has 2 heterocycles. The number of alkyl halides is 3. The third kappa shape index (κ3) is 3.46. The Balaban J connectivity index is 1.39. The van der Waals surface area contributed by atoms with E-state index < -0.39 is 29.6 Å². The first-order valence-corrected chi connectivity index (χ1v) is 10.1. The third-order valence-corrected chi connectivity index (χ3v) is 6.26. The summed E-state index contributed by atoms with van der Waals surface area (Å²) in [4.78, 5) is 17.3. The topological polar surface area (TPSA) is 64.4 Å². The van der Waals surface area contributed by atoms with E-state index in [9.17, 15) is 27.5 Å². The number of hydrogen-bond acceptors (Lipinski definition) is 4. The van der Waals surface area contributed by atoms with Crippen molar-refractivity contribution in [1.29, 1.82) is 0 Å². The number of ether oxygens (including phenoxy) is 1. The Hall–Kier alpha value is -3.20. The van der Waals surface area contributed by atoms with Gasteiger partial charge in [0.1, 0.15) is 17.2 Å². The van der Waals surface area contributed by atoms with Crippen molar-refractivity contribution in [2.24, 2.45) is 0 Å². The zero-order chi connectivity index (χ0) is 22.7. The fraction of sp³-hybridized carbons (Fsp3) is 0.304. The molecule has 2 aliphatic rings. The molecule has 2 aromatic carbocycles. The van der Waals surface area contributed by atoms with Crippen LogP contribution in [0.15, 0.2) is 48.9 Å². The van der Waals surface area contributed by atoms with Crippen LogP contribution in [0.2, 0.25) is 0 Å². The fourth-order valence-corrected chi connectivity index (χ4v) is 4.75. The smallest absolute Gasteiger partial charge is 0.406 e. The lowest BCUT2D eigenvalue weighted by Gasteiger charge is -2.33. The molecule has 1 N–H and O–H groups in total. The van der Waals surface area contributed by atoms with Crippen molar-refractivity contribution < 1.29 is 32.2 Å². The summed E-state index contributed by atoms with van der Waals surface area (Å²) in [6.45, 7) is 0. The van der Waals surface area contributed by atoms with Crippen LogP contribution in [0.5, 0.6) is 5.75 Å². The molecular weight excluding hydrogens is 428 g/mol. The lowest BCUT2D eigenvalue weighted by Crippen LogP contribution is -2.44. The Bertz CT molecular complexity index is 1220. The zero-order valence-electron chi connectivity index (χ0n) is 16.7. The molecule has 3 aromatic rings. The van der Waals surface area contributed by atoms with Crippen LogP contribution in [0.4, 0.5) is 17.6 Å². The van der Waals surface area contributed by atoms with Gasteiger partial charge in [-0.2, -0.15) is 0 Å². The number of benzene rings is 2. The van der Waals surface area contributed by atoms with Crippen LogP contribution >= 0.6 is 0 Å². The highest BCUT2D eigenvalue weighted by atomic mass is 19.4. The Morgan fingerprint density at radius 3 is 2.84 bits per heavy atom. The standard InChI is InChI=1S/C23H18F4N2O3/c24-17-3-1-2-16-19-11-28-12-29(19)18(21(16)17)9-20(30)22(31)7-6-13-8-15(32-23(25,26)27)5-4-14(13)10-22/h1-5,8,11-12,18,31H,6-7,9-10H2. The molecule has 9 heteroatoms. The second kappa shape index (κ2) is 7.16. The predicted molar refractivity (Wildman–Crippen MR) is 105 cm³/mol. The molecule has 2 unspecified atom stereocenters. The van der Waals surface area contributed by atoms with E-state index in [4.69, 9.17) is 0 Å². The van der Waals surface area contributed by atoms with Crippen LogP contribution in [0.1, 0.15) is 35.6 Å². The number of nitrogens with zero attached hydrogens (tertiary/aromatic N) is 2. The lowest BCUT2D eigenvalue weighted by atomic mass is 9.76. The van der Waals surface area contributed by atoms with E-state index in [1.807, 2.05) is 0 Å². The van der Waals surface area contributed by atoms with E-state index in [2.05, 4.69) is 9.72 Å². The summed E-state index contributed by atoms with van der Waals surface area (Å²) in [5.74, 6) is -1.21. The molecule has 0 fully saturated rings. The molecule has 32 heavy (non-hydrogen) atoms. The van der Waals surface area contributed by atoms with Gasteiger partial charge in [0.25, 0.3) is 0 Å². The lowest BCUT2D eigenvalue weighted by molar-refractivity contribution is -0.274. The quantitative estimate of drug-likeness (QED) is 0.605. The van der Waals surface area contributed by atoms with Gasteiger partial charge in [0, 0.05) is 24.0 Å². The van der Waals surface area contributed by atoms with Gasteiger partial charge in [0.15, 0.2) is 5.78 Å². The Kier molecular flexibility index (Phi) is 4.63. The minimum absolute atomic E-state index is 0.0267. The number of rotatable bonds is 4. The molecule has 1 aromatic heterocycles. The van der Waals surface area contributed by atoms with E-state index in [1.165, 1.54) is 30.6 Å². The van der Waals surface area contributed by atoms with Crippen LogP contribution in [-0.4, -0.2) is 32.4 Å². The molecule has 5 nitrogen and oxygen atoms in total. The molecule has 0 spiro atoms. The highest BCUT2D eigenvalue weighted by Crippen LogP contribution is 2.43. The van der Waals surface area contributed by atoms with E-state index in [1.54, 1.807) is 22.9 Å². The summed E-state index contributed by atoms with van der Waals surface area (Å²) in [5, 5.41) is 11.1. The number of fused-ring (bicyclic) bond motifs is 4. The molecular formula is C23H18F4N2O3.